The van der Waals surface area contributed by atoms with Gasteiger partial charge < -0.3 is 19.3 Å². The van der Waals surface area contributed by atoms with E-state index in [0.29, 0.717) is 32.8 Å². The van der Waals surface area contributed by atoms with E-state index in [2.05, 4.69) is 0 Å². The van der Waals surface area contributed by atoms with Crippen LogP contribution in [0.2, 0.25) is 0 Å². The molecular formula is C10H22O4. The lowest BCUT2D eigenvalue weighted by molar-refractivity contribution is -0.146. The normalized spacial score (nSPS) is 11.1. The van der Waals surface area contributed by atoms with E-state index in [0.717, 1.165) is 6.42 Å². The van der Waals surface area contributed by atoms with Gasteiger partial charge in [0.15, 0.2) is 6.29 Å². The maximum atomic E-state index is 8.51. The first-order chi connectivity index (χ1) is 6.85. The molecule has 0 aliphatic carbocycles. The molecule has 0 aliphatic heterocycles. The molecule has 4 nitrogen and oxygen atoms in total. The van der Waals surface area contributed by atoms with Crippen LogP contribution in [0.1, 0.15) is 26.7 Å². The Labute approximate surface area is 86.2 Å². The fourth-order valence-electron chi connectivity index (χ4n) is 1.03. The van der Waals surface area contributed by atoms with Crippen LogP contribution in [-0.2, 0) is 14.2 Å². The predicted molar refractivity (Wildman–Crippen MR) is 54.2 cm³/mol. The summed E-state index contributed by atoms with van der Waals surface area (Å²) in [5.41, 5.74) is 0. The van der Waals surface area contributed by atoms with Gasteiger partial charge in [0.05, 0.1) is 6.61 Å². The second-order valence-electron chi connectivity index (χ2n) is 2.82. The Morgan fingerprint density at radius 2 is 1.71 bits per heavy atom. The summed E-state index contributed by atoms with van der Waals surface area (Å²) < 4.78 is 16.0. The van der Waals surface area contributed by atoms with E-state index in [1.807, 2.05) is 13.8 Å². The fourth-order valence-corrected chi connectivity index (χ4v) is 1.03. The highest BCUT2D eigenvalue weighted by molar-refractivity contribution is 4.44. The van der Waals surface area contributed by atoms with E-state index in [1.165, 1.54) is 0 Å². The highest BCUT2D eigenvalue weighted by atomic mass is 16.7. The van der Waals surface area contributed by atoms with Crippen molar-refractivity contribution in [1.29, 1.82) is 0 Å². The molecule has 0 spiro atoms. The van der Waals surface area contributed by atoms with Crippen molar-refractivity contribution >= 4 is 0 Å². The number of hydrogen-bond donors (Lipinski definition) is 1. The van der Waals surface area contributed by atoms with Crippen LogP contribution < -0.4 is 0 Å². The Hall–Kier alpha value is -0.160. The summed E-state index contributed by atoms with van der Waals surface area (Å²) in [4.78, 5) is 0. The molecule has 0 saturated carbocycles. The van der Waals surface area contributed by atoms with E-state index in [9.17, 15) is 0 Å². The van der Waals surface area contributed by atoms with Crippen LogP contribution in [0, 0.1) is 0 Å². The van der Waals surface area contributed by atoms with Crippen molar-refractivity contribution < 1.29 is 19.3 Å². The molecule has 0 aromatic rings. The van der Waals surface area contributed by atoms with Crippen LogP contribution in [0.25, 0.3) is 0 Å². The Morgan fingerprint density at radius 1 is 1.07 bits per heavy atom. The van der Waals surface area contributed by atoms with Gasteiger partial charge in [0.2, 0.25) is 0 Å². The summed E-state index contributed by atoms with van der Waals surface area (Å²) in [6.07, 6.45) is 1.28. The molecule has 0 heterocycles. The van der Waals surface area contributed by atoms with Gasteiger partial charge in [0, 0.05) is 32.8 Å². The number of rotatable bonds is 10. The maximum absolute atomic E-state index is 8.51. The third-order valence-electron chi connectivity index (χ3n) is 1.65. The van der Waals surface area contributed by atoms with Gasteiger partial charge in [-0.15, -0.1) is 0 Å². The third kappa shape index (κ3) is 8.44. The fraction of sp³-hybridized carbons (Fsp3) is 1.00. The van der Waals surface area contributed by atoms with Crippen LogP contribution in [0.5, 0.6) is 0 Å². The summed E-state index contributed by atoms with van der Waals surface area (Å²) in [7, 11) is 0. The summed E-state index contributed by atoms with van der Waals surface area (Å²) in [6, 6.07) is 0. The molecule has 0 aliphatic rings. The minimum absolute atomic E-state index is 0.154. The molecule has 1 N–H and O–H groups in total. The van der Waals surface area contributed by atoms with E-state index in [4.69, 9.17) is 19.3 Å². The van der Waals surface area contributed by atoms with E-state index in [-0.39, 0.29) is 12.9 Å². The van der Waals surface area contributed by atoms with Crippen LogP contribution in [0.15, 0.2) is 0 Å². The standard InChI is InChI=1S/C10H22O4/c1-3-13-10(14-4-2)6-9-12-8-5-7-11/h10-11H,3-9H2,1-2H3. The Balaban J connectivity index is 3.30. The Kier molecular flexibility index (Phi) is 10.8. The number of ether oxygens (including phenoxy) is 3. The van der Waals surface area contributed by atoms with Gasteiger partial charge in [0.25, 0.3) is 0 Å². The molecule has 0 rings (SSSR count). The topological polar surface area (TPSA) is 47.9 Å². The largest absolute Gasteiger partial charge is 0.396 e. The lowest BCUT2D eigenvalue weighted by atomic mass is 10.4. The molecule has 0 unspecified atom stereocenters. The second kappa shape index (κ2) is 10.9. The van der Waals surface area contributed by atoms with Crippen molar-refractivity contribution in [3.63, 3.8) is 0 Å². The first kappa shape index (κ1) is 13.8. The third-order valence-corrected chi connectivity index (χ3v) is 1.65. The molecule has 0 aromatic heterocycles. The zero-order valence-corrected chi connectivity index (χ0v) is 9.20. The summed E-state index contributed by atoms with van der Waals surface area (Å²) in [5, 5.41) is 8.51. The molecule has 0 saturated heterocycles. The van der Waals surface area contributed by atoms with Crippen LogP contribution in [-0.4, -0.2) is 44.4 Å². The van der Waals surface area contributed by atoms with Gasteiger partial charge in [-0.25, -0.2) is 0 Å². The molecule has 0 atom stereocenters. The lowest BCUT2D eigenvalue weighted by Crippen LogP contribution is -2.19. The number of aliphatic hydroxyl groups excluding tert-OH is 1. The molecule has 0 radical (unpaired) electrons. The predicted octanol–water partition coefficient (Wildman–Crippen LogP) is 1.17. The zero-order chi connectivity index (χ0) is 10.6. The lowest BCUT2D eigenvalue weighted by Gasteiger charge is -2.16. The average Bonchev–Trinajstić information content (AvgIpc) is 2.18. The van der Waals surface area contributed by atoms with Gasteiger partial charge in [-0.3, -0.25) is 0 Å². The highest BCUT2D eigenvalue weighted by Crippen LogP contribution is 2.01. The van der Waals surface area contributed by atoms with Gasteiger partial charge >= 0.3 is 0 Å². The molecule has 0 aromatic carbocycles. The second-order valence-corrected chi connectivity index (χ2v) is 2.82. The van der Waals surface area contributed by atoms with Gasteiger partial charge in [0.1, 0.15) is 0 Å². The van der Waals surface area contributed by atoms with E-state index < -0.39 is 0 Å². The van der Waals surface area contributed by atoms with E-state index >= 15 is 0 Å². The Bertz CT molecular complexity index is 102. The first-order valence-corrected chi connectivity index (χ1v) is 5.26. The minimum atomic E-state index is -0.154. The van der Waals surface area contributed by atoms with Gasteiger partial charge in [-0.1, -0.05) is 0 Å². The van der Waals surface area contributed by atoms with E-state index in [1.54, 1.807) is 0 Å². The van der Waals surface area contributed by atoms with Crippen LogP contribution in [0.4, 0.5) is 0 Å². The van der Waals surface area contributed by atoms with Crippen LogP contribution >= 0.6 is 0 Å². The van der Waals surface area contributed by atoms with Crippen molar-refractivity contribution in [1.82, 2.24) is 0 Å². The number of aliphatic hydroxyl groups is 1. The monoisotopic (exact) mass is 206 g/mol. The van der Waals surface area contributed by atoms with Crippen molar-refractivity contribution in [2.45, 2.75) is 33.0 Å². The van der Waals surface area contributed by atoms with Crippen molar-refractivity contribution in [3.05, 3.63) is 0 Å². The molecule has 86 valence electrons. The Morgan fingerprint density at radius 3 is 2.21 bits per heavy atom. The SMILES string of the molecule is CCOC(CCOCCCO)OCC. The van der Waals surface area contributed by atoms with Crippen molar-refractivity contribution in [2.75, 3.05) is 33.0 Å². The zero-order valence-electron chi connectivity index (χ0n) is 9.20. The van der Waals surface area contributed by atoms with Crippen LogP contribution in [0.3, 0.4) is 0 Å². The summed E-state index contributed by atoms with van der Waals surface area (Å²) in [5.74, 6) is 0. The molecule has 14 heavy (non-hydrogen) atoms. The molecule has 0 amide bonds. The summed E-state index contributed by atoms with van der Waals surface area (Å²) >= 11 is 0. The molecule has 0 fully saturated rings. The van der Waals surface area contributed by atoms with Crippen molar-refractivity contribution in [3.8, 4) is 0 Å². The molecule has 0 bridgehead atoms. The van der Waals surface area contributed by atoms with Crippen molar-refractivity contribution in [2.24, 2.45) is 0 Å². The quantitative estimate of drug-likeness (QED) is 0.430. The molecule has 4 heteroatoms. The maximum Gasteiger partial charge on any atom is 0.159 e. The highest BCUT2D eigenvalue weighted by Gasteiger charge is 2.06. The first-order valence-electron chi connectivity index (χ1n) is 5.26. The summed E-state index contributed by atoms with van der Waals surface area (Å²) in [6.45, 7) is 6.59. The minimum Gasteiger partial charge on any atom is -0.396 e. The average molecular weight is 206 g/mol. The molecular weight excluding hydrogens is 184 g/mol. The smallest absolute Gasteiger partial charge is 0.159 e. The van der Waals surface area contributed by atoms with Gasteiger partial charge in [-0.2, -0.15) is 0 Å². The van der Waals surface area contributed by atoms with Gasteiger partial charge in [-0.05, 0) is 20.3 Å². The number of hydrogen-bond acceptors (Lipinski definition) is 4.